The van der Waals surface area contributed by atoms with Crippen LogP contribution in [0, 0.1) is 5.92 Å². The predicted octanol–water partition coefficient (Wildman–Crippen LogP) is 2.19. The molecule has 0 aliphatic rings. The Hall–Kier alpha value is -1.42. The van der Waals surface area contributed by atoms with Crippen LogP contribution in [0.25, 0.3) is 0 Å². The minimum Gasteiger partial charge on any atom is -0.497 e. The van der Waals surface area contributed by atoms with Gasteiger partial charge in [-0.2, -0.15) is 0 Å². The molecule has 0 fully saturated rings. The Kier molecular flexibility index (Phi) is 5.78. The summed E-state index contributed by atoms with van der Waals surface area (Å²) in [4.78, 5) is 11.6. The number of alkyl halides is 1. The molecular formula is C13H18ClNO3. The van der Waals surface area contributed by atoms with Crippen molar-refractivity contribution in [3.8, 4) is 11.5 Å². The number of carbonyl (C=O) groups is 1. The molecule has 1 amide bonds. The molecule has 1 rings (SSSR count). The van der Waals surface area contributed by atoms with E-state index in [1.165, 1.54) is 0 Å². The van der Waals surface area contributed by atoms with E-state index < -0.39 is 0 Å². The molecule has 0 bridgehead atoms. The van der Waals surface area contributed by atoms with Crippen LogP contribution in [0.5, 0.6) is 11.5 Å². The highest BCUT2D eigenvalue weighted by Gasteiger charge is 2.12. The molecule has 1 aromatic carbocycles. The van der Waals surface area contributed by atoms with Crippen LogP contribution in [0.3, 0.4) is 0 Å². The largest absolute Gasteiger partial charge is 0.497 e. The molecule has 0 saturated carbocycles. The lowest BCUT2D eigenvalue weighted by molar-refractivity contribution is -0.124. The molecule has 0 radical (unpaired) electrons. The second-order valence-electron chi connectivity index (χ2n) is 3.95. The number of hydrogen-bond acceptors (Lipinski definition) is 3. The normalized spacial score (nSPS) is 11.8. The number of carbonyl (C=O) groups excluding carboxylic acids is 1. The van der Waals surface area contributed by atoms with Gasteiger partial charge in [0.1, 0.15) is 11.5 Å². The average molecular weight is 272 g/mol. The first kappa shape index (κ1) is 14.6. The average Bonchev–Trinajstić information content (AvgIpc) is 2.43. The summed E-state index contributed by atoms with van der Waals surface area (Å²) in [5, 5.41) is 2.82. The van der Waals surface area contributed by atoms with Crippen LogP contribution < -0.4 is 14.8 Å². The van der Waals surface area contributed by atoms with Crippen molar-refractivity contribution in [2.45, 2.75) is 13.5 Å². The van der Waals surface area contributed by atoms with Gasteiger partial charge >= 0.3 is 0 Å². The first-order chi connectivity index (χ1) is 8.62. The van der Waals surface area contributed by atoms with E-state index in [1.54, 1.807) is 21.1 Å². The van der Waals surface area contributed by atoms with Crippen LogP contribution in [0.2, 0.25) is 0 Å². The number of benzene rings is 1. The van der Waals surface area contributed by atoms with E-state index in [-0.39, 0.29) is 11.8 Å². The van der Waals surface area contributed by atoms with Crippen LogP contribution in [0.4, 0.5) is 0 Å². The van der Waals surface area contributed by atoms with Crippen molar-refractivity contribution in [1.82, 2.24) is 5.32 Å². The highest BCUT2D eigenvalue weighted by Crippen LogP contribution is 2.23. The second kappa shape index (κ2) is 7.11. The lowest BCUT2D eigenvalue weighted by Crippen LogP contribution is -2.29. The first-order valence-corrected chi connectivity index (χ1v) is 6.20. The van der Waals surface area contributed by atoms with Crippen LogP contribution in [-0.2, 0) is 11.3 Å². The van der Waals surface area contributed by atoms with Crippen molar-refractivity contribution in [3.05, 3.63) is 23.8 Å². The van der Waals surface area contributed by atoms with Crippen molar-refractivity contribution >= 4 is 17.5 Å². The summed E-state index contributed by atoms with van der Waals surface area (Å²) in [5.41, 5.74) is 0.868. The molecule has 4 nitrogen and oxygen atoms in total. The number of nitrogens with one attached hydrogen (secondary N) is 1. The van der Waals surface area contributed by atoms with E-state index in [4.69, 9.17) is 21.1 Å². The maximum Gasteiger partial charge on any atom is 0.224 e. The van der Waals surface area contributed by atoms with Crippen LogP contribution >= 0.6 is 11.6 Å². The van der Waals surface area contributed by atoms with Gasteiger partial charge in [0.25, 0.3) is 0 Å². The number of methoxy groups -OCH3 is 2. The molecule has 0 aliphatic carbocycles. The molecule has 5 heteroatoms. The fraction of sp³-hybridized carbons (Fsp3) is 0.462. The Balaban J connectivity index is 2.73. The van der Waals surface area contributed by atoms with Crippen molar-refractivity contribution in [2.75, 3.05) is 20.1 Å². The minimum atomic E-state index is -0.205. The second-order valence-corrected chi connectivity index (χ2v) is 4.26. The Morgan fingerprint density at radius 2 is 2.11 bits per heavy atom. The fourth-order valence-electron chi connectivity index (χ4n) is 1.45. The molecule has 1 unspecified atom stereocenters. The quantitative estimate of drug-likeness (QED) is 0.807. The molecule has 0 aromatic heterocycles. The maximum atomic E-state index is 11.6. The summed E-state index contributed by atoms with van der Waals surface area (Å²) in [5.74, 6) is 1.47. The highest BCUT2D eigenvalue weighted by atomic mass is 35.5. The maximum absolute atomic E-state index is 11.6. The van der Waals surface area contributed by atoms with Gasteiger partial charge < -0.3 is 14.8 Å². The molecular weight excluding hydrogens is 254 g/mol. The van der Waals surface area contributed by atoms with Crippen molar-refractivity contribution in [1.29, 1.82) is 0 Å². The summed E-state index contributed by atoms with van der Waals surface area (Å²) in [6.45, 7) is 2.17. The summed E-state index contributed by atoms with van der Waals surface area (Å²) in [7, 11) is 3.19. The Morgan fingerprint density at radius 1 is 1.39 bits per heavy atom. The molecule has 1 N–H and O–H groups in total. The van der Waals surface area contributed by atoms with E-state index in [0.717, 1.165) is 17.1 Å². The number of rotatable bonds is 6. The standard InChI is InChI=1S/C13H18ClNO3/c1-9(7-14)13(16)15-8-10-6-11(17-2)4-5-12(10)18-3/h4-6,9H,7-8H2,1-3H3,(H,15,16). The Bertz CT molecular complexity index is 409. The summed E-state index contributed by atoms with van der Waals surface area (Å²) in [6.07, 6.45) is 0. The van der Waals surface area contributed by atoms with E-state index in [9.17, 15) is 4.79 Å². The summed E-state index contributed by atoms with van der Waals surface area (Å²) < 4.78 is 10.4. The third-order valence-corrected chi connectivity index (χ3v) is 3.08. The SMILES string of the molecule is COc1ccc(OC)c(CNC(=O)C(C)CCl)c1. The van der Waals surface area contributed by atoms with Crippen LogP contribution in [0.1, 0.15) is 12.5 Å². The zero-order valence-electron chi connectivity index (χ0n) is 10.8. The number of ether oxygens (including phenoxy) is 2. The topological polar surface area (TPSA) is 47.6 Å². The first-order valence-electron chi connectivity index (χ1n) is 5.67. The predicted molar refractivity (Wildman–Crippen MR) is 71.3 cm³/mol. The van der Waals surface area contributed by atoms with Gasteiger partial charge in [-0.05, 0) is 18.2 Å². The van der Waals surface area contributed by atoms with Crippen LogP contribution in [-0.4, -0.2) is 26.0 Å². The molecule has 100 valence electrons. The van der Waals surface area contributed by atoms with Gasteiger partial charge in [0.15, 0.2) is 0 Å². The van der Waals surface area contributed by atoms with E-state index in [2.05, 4.69) is 5.32 Å². The molecule has 0 aliphatic heterocycles. The van der Waals surface area contributed by atoms with Crippen molar-refractivity contribution in [3.63, 3.8) is 0 Å². The van der Waals surface area contributed by atoms with Gasteiger partial charge in [-0.1, -0.05) is 6.92 Å². The van der Waals surface area contributed by atoms with E-state index in [0.29, 0.717) is 12.4 Å². The van der Waals surface area contributed by atoms with Gasteiger partial charge in [-0.3, -0.25) is 4.79 Å². The van der Waals surface area contributed by atoms with Crippen LogP contribution in [0.15, 0.2) is 18.2 Å². The number of amides is 1. The molecule has 0 saturated heterocycles. The highest BCUT2D eigenvalue weighted by molar-refractivity contribution is 6.19. The third-order valence-electron chi connectivity index (χ3n) is 2.62. The molecule has 0 heterocycles. The lowest BCUT2D eigenvalue weighted by Gasteiger charge is -2.13. The van der Waals surface area contributed by atoms with Crippen molar-refractivity contribution in [2.24, 2.45) is 5.92 Å². The number of halogens is 1. The smallest absolute Gasteiger partial charge is 0.224 e. The van der Waals surface area contributed by atoms with E-state index >= 15 is 0 Å². The van der Waals surface area contributed by atoms with Crippen molar-refractivity contribution < 1.29 is 14.3 Å². The zero-order valence-corrected chi connectivity index (χ0v) is 11.6. The summed E-state index contributed by atoms with van der Waals surface area (Å²) >= 11 is 5.63. The van der Waals surface area contributed by atoms with Gasteiger partial charge in [-0.15, -0.1) is 11.6 Å². The summed E-state index contributed by atoms with van der Waals surface area (Å²) in [6, 6.07) is 5.46. The molecule has 1 atom stereocenters. The Labute approximate surface area is 112 Å². The van der Waals surface area contributed by atoms with Gasteiger partial charge in [0, 0.05) is 23.9 Å². The minimum absolute atomic E-state index is 0.0742. The van der Waals surface area contributed by atoms with E-state index in [1.807, 2.05) is 18.2 Å². The van der Waals surface area contributed by atoms with Gasteiger partial charge in [-0.25, -0.2) is 0 Å². The Morgan fingerprint density at radius 3 is 2.67 bits per heavy atom. The van der Waals surface area contributed by atoms with Gasteiger partial charge in [0.05, 0.1) is 14.2 Å². The molecule has 1 aromatic rings. The monoisotopic (exact) mass is 271 g/mol. The third kappa shape index (κ3) is 3.81. The lowest BCUT2D eigenvalue weighted by atomic mass is 10.1. The number of hydrogen-bond donors (Lipinski definition) is 1. The molecule has 18 heavy (non-hydrogen) atoms. The molecule has 0 spiro atoms. The fourth-order valence-corrected chi connectivity index (χ4v) is 1.59. The zero-order chi connectivity index (χ0) is 13.5. The van der Waals surface area contributed by atoms with Gasteiger partial charge in [0.2, 0.25) is 5.91 Å².